The topological polar surface area (TPSA) is 139 Å². The van der Waals surface area contributed by atoms with E-state index in [1.54, 1.807) is 4.68 Å². The number of hydrogen-bond acceptors (Lipinski definition) is 7. The molecule has 10 nitrogen and oxygen atoms in total. The van der Waals surface area contributed by atoms with E-state index < -0.39 is 5.97 Å². The van der Waals surface area contributed by atoms with Crippen molar-refractivity contribution >= 4 is 29.5 Å². The third kappa shape index (κ3) is 3.18. The zero-order valence-corrected chi connectivity index (χ0v) is 11.5. The van der Waals surface area contributed by atoms with Crippen LogP contribution in [0.3, 0.4) is 0 Å². The van der Waals surface area contributed by atoms with Gasteiger partial charge in [-0.15, -0.1) is 5.10 Å². The fraction of sp³-hybridized carbons (Fsp3) is 0.400. The van der Waals surface area contributed by atoms with Gasteiger partial charge in [0.2, 0.25) is 11.1 Å². The lowest BCUT2D eigenvalue weighted by Crippen LogP contribution is -2.15. The number of tetrazole rings is 1. The molecule has 0 bridgehead atoms. The summed E-state index contributed by atoms with van der Waals surface area (Å²) in [5, 5.41) is 29.2. The number of hydrogen-bond donors (Lipinski definition) is 3. The number of nitrogens with zero attached hydrogens (tertiary/aromatic N) is 5. The summed E-state index contributed by atoms with van der Waals surface area (Å²) in [7, 11) is 0. The van der Waals surface area contributed by atoms with E-state index in [1.807, 2.05) is 0 Å². The zero-order chi connectivity index (χ0) is 14.8. The minimum absolute atomic E-state index is 0.0874. The van der Waals surface area contributed by atoms with Crippen molar-refractivity contribution in [1.82, 2.24) is 30.4 Å². The van der Waals surface area contributed by atoms with Crippen molar-refractivity contribution in [3.05, 3.63) is 11.8 Å². The van der Waals surface area contributed by atoms with Crippen molar-refractivity contribution < 1.29 is 14.7 Å². The molecule has 2 heterocycles. The van der Waals surface area contributed by atoms with Crippen LogP contribution in [-0.4, -0.2) is 53.1 Å². The van der Waals surface area contributed by atoms with E-state index in [9.17, 15) is 9.59 Å². The Bertz CT molecular complexity index is 678. The molecule has 3 rings (SSSR count). The fourth-order valence-electron chi connectivity index (χ4n) is 1.63. The minimum Gasteiger partial charge on any atom is -0.477 e. The van der Waals surface area contributed by atoms with Crippen LogP contribution in [0.4, 0.5) is 5.82 Å². The van der Waals surface area contributed by atoms with Gasteiger partial charge < -0.3 is 10.4 Å². The molecule has 1 saturated carbocycles. The Morgan fingerprint density at radius 2 is 2.33 bits per heavy atom. The summed E-state index contributed by atoms with van der Waals surface area (Å²) >= 11 is 1.22. The number of thioether (sulfide) groups is 1. The molecule has 2 aromatic rings. The Morgan fingerprint density at radius 3 is 3.00 bits per heavy atom. The Balaban J connectivity index is 1.54. The van der Waals surface area contributed by atoms with Crippen LogP contribution >= 0.6 is 11.8 Å². The standard InChI is InChI=1S/C10H11N7O3S/c18-8(11-7-3-6(9(19)20)12-13-7)4-21-10-14-15-16-17(10)5-1-2-5/h3,5H,1-2,4H2,(H,19,20)(H2,11,12,13,18). The smallest absolute Gasteiger partial charge is 0.353 e. The number of aromatic nitrogens is 6. The number of carbonyl (C=O) groups excluding carboxylic acids is 1. The lowest BCUT2D eigenvalue weighted by Gasteiger charge is -2.02. The molecule has 2 aromatic heterocycles. The average Bonchev–Trinajstić information content (AvgIpc) is 3.00. The van der Waals surface area contributed by atoms with Gasteiger partial charge in [-0.2, -0.15) is 5.10 Å². The maximum atomic E-state index is 11.8. The molecule has 110 valence electrons. The highest BCUT2D eigenvalue weighted by Crippen LogP contribution is 2.36. The highest BCUT2D eigenvalue weighted by atomic mass is 32.2. The molecule has 0 radical (unpaired) electrons. The number of aromatic amines is 1. The molecule has 1 amide bonds. The van der Waals surface area contributed by atoms with E-state index in [2.05, 4.69) is 31.0 Å². The summed E-state index contributed by atoms with van der Waals surface area (Å²) in [5.41, 5.74) is -0.0874. The van der Waals surface area contributed by atoms with Crippen molar-refractivity contribution in [3.63, 3.8) is 0 Å². The molecule has 3 N–H and O–H groups in total. The first kappa shape index (κ1) is 13.5. The van der Waals surface area contributed by atoms with Crippen molar-refractivity contribution in [3.8, 4) is 0 Å². The third-order valence-electron chi connectivity index (χ3n) is 2.76. The molecule has 0 spiro atoms. The number of carboxylic acids is 1. The molecule has 11 heteroatoms. The van der Waals surface area contributed by atoms with Crippen LogP contribution in [0.2, 0.25) is 0 Å². The van der Waals surface area contributed by atoms with Crippen molar-refractivity contribution in [2.24, 2.45) is 0 Å². The second kappa shape index (κ2) is 5.52. The van der Waals surface area contributed by atoms with Crippen molar-refractivity contribution in [2.45, 2.75) is 24.0 Å². The van der Waals surface area contributed by atoms with Crippen LogP contribution in [0.15, 0.2) is 11.2 Å². The highest BCUT2D eigenvalue weighted by molar-refractivity contribution is 7.99. The minimum atomic E-state index is -1.14. The Hall–Kier alpha value is -2.43. The number of H-pyrrole nitrogens is 1. The normalized spacial score (nSPS) is 14.1. The zero-order valence-electron chi connectivity index (χ0n) is 10.7. The highest BCUT2D eigenvalue weighted by Gasteiger charge is 2.28. The summed E-state index contributed by atoms with van der Waals surface area (Å²) in [4.78, 5) is 22.4. The fourth-order valence-corrected chi connectivity index (χ4v) is 2.38. The Labute approximate surface area is 122 Å². The monoisotopic (exact) mass is 309 g/mol. The molecule has 0 saturated heterocycles. The second-order valence-corrected chi connectivity index (χ2v) is 5.39. The van der Waals surface area contributed by atoms with E-state index >= 15 is 0 Å². The van der Waals surface area contributed by atoms with Crippen LogP contribution in [0.25, 0.3) is 0 Å². The van der Waals surface area contributed by atoms with Gasteiger partial charge in [0.25, 0.3) is 0 Å². The molecule has 1 aliphatic carbocycles. The summed E-state index contributed by atoms with van der Waals surface area (Å²) in [6, 6.07) is 1.59. The van der Waals surface area contributed by atoms with Gasteiger partial charge in [-0.25, -0.2) is 9.48 Å². The molecule has 0 aromatic carbocycles. The summed E-state index contributed by atoms with van der Waals surface area (Å²) < 4.78 is 1.72. The van der Waals surface area contributed by atoms with Crippen LogP contribution < -0.4 is 5.32 Å². The Morgan fingerprint density at radius 1 is 1.52 bits per heavy atom. The molecule has 0 atom stereocenters. The van der Waals surface area contributed by atoms with Crippen LogP contribution in [0, 0.1) is 0 Å². The van der Waals surface area contributed by atoms with Gasteiger partial charge in [-0.3, -0.25) is 9.89 Å². The SMILES string of the molecule is O=C(CSc1nnnn1C1CC1)Nc1cc(C(=O)O)[nH]n1. The molecule has 21 heavy (non-hydrogen) atoms. The van der Waals surface area contributed by atoms with Crippen molar-refractivity contribution in [1.29, 1.82) is 0 Å². The lowest BCUT2D eigenvalue weighted by atomic mass is 10.4. The van der Waals surface area contributed by atoms with Gasteiger partial charge in [0.05, 0.1) is 11.8 Å². The van der Waals surface area contributed by atoms with Gasteiger partial charge in [-0.05, 0) is 23.3 Å². The third-order valence-corrected chi connectivity index (χ3v) is 3.70. The van der Waals surface area contributed by atoms with E-state index in [-0.39, 0.29) is 23.2 Å². The maximum Gasteiger partial charge on any atom is 0.353 e. The summed E-state index contributed by atoms with van der Waals surface area (Å²) in [6.45, 7) is 0. The first-order chi connectivity index (χ1) is 10.1. The quantitative estimate of drug-likeness (QED) is 0.641. The van der Waals surface area contributed by atoms with Crippen molar-refractivity contribution in [2.75, 3.05) is 11.1 Å². The molecule has 0 aliphatic heterocycles. The molecule has 1 aliphatic rings. The van der Waals surface area contributed by atoms with Crippen LogP contribution in [-0.2, 0) is 4.79 Å². The van der Waals surface area contributed by atoms with Crippen LogP contribution in [0.5, 0.6) is 0 Å². The molecule has 1 fully saturated rings. The summed E-state index contributed by atoms with van der Waals surface area (Å²) in [6.07, 6.45) is 2.10. The number of rotatable bonds is 6. The van der Waals surface area contributed by atoms with E-state index in [0.717, 1.165) is 12.8 Å². The largest absolute Gasteiger partial charge is 0.477 e. The van der Waals surface area contributed by atoms with E-state index in [1.165, 1.54) is 17.8 Å². The molecular weight excluding hydrogens is 298 g/mol. The molecular formula is C10H11N7O3S. The van der Waals surface area contributed by atoms with Gasteiger partial charge >= 0.3 is 5.97 Å². The Kier molecular flexibility index (Phi) is 3.56. The maximum absolute atomic E-state index is 11.8. The van der Waals surface area contributed by atoms with Gasteiger partial charge in [0.15, 0.2) is 5.82 Å². The predicted octanol–water partition coefficient (Wildman–Crippen LogP) is 0.160. The first-order valence-electron chi connectivity index (χ1n) is 6.12. The number of anilines is 1. The predicted molar refractivity (Wildman–Crippen MR) is 71.0 cm³/mol. The van der Waals surface area contributed by atoms with Gasteiger partial charge in [0, 0.05) is 6.07 Å². The average molecular weight is 309 g/mol. The van der Waals surface area contributed by atoms with Gasteiger partial charge in [0.1, 0.15) is 5.69 Å². The second-order valence-electron chi connectivity index (χ2n) is 4.45. The van der Waals surface area contributed by atoms with Gasteiger partial charge in [-0.1, -0.05) is 11.8 Å². The summed E-state index contributed by atoms with van der Waals surface area (Å²) in [5.74, 6) is -1.17. The number of carbonyl (C=O) groups is 2. The van der Waals surface area contributed by atoms with E-state index in [0.29, 0.717) is 11.2 Å². The van der Waals surface area contributed by atoms with Crippen LogP contribution in [0.1, 0.15) is 29.4 Å². The first-order valence-corrected chi connectivity index (χ1v) is 7.11. The molecule has 0 unspecified atom stereocenters. The number of amides is 1. The lowest BCUT2D eigenvalue weighted by molar-refractivity contribution is -0.113. The number of aromatic carboxylic acids is 1. The number of carboxylic acid groups (broad SMARTS) is 1. The van der Waals surface area contributed by atoms with E-state index in [4.69, 9.17) is 5.11 Å². The number of nitrogens with one attached hydrogen (secondary N) is 2.